The lowest BCUT2D eigenvalue weighted by molar-refractivity contribution is 0.0938. The van der Waals surface area contributed by atoms with E-state index in [2.05, 4.69) is 0 Å². The number of benzene rings is 1. The Morgan fingerprint density at radius 2 is 2.00 bits per heavy atom. The van der Waals surface area contributed by atoms with Crippen LogP contribution in [-0.4, -0.2) is 23.4 Å². The van der Waals surface area contributed by atoms with Crippen molar-refractivity contribution in [1.82, 2.24) is 0 Å². The largest absolute Gasteiger partial charge is 0.396 e. The topological polar surface area (TPSA) is 80.4 Å². The molecule has 0 spiro atoms. The first-order valence-corrected chi connectivity index (χ1v) is 4.29. The van der Waals surface area contributed by atoms with E-state index in [0.29, 0.717) is 0 Å². The van der Waals surface area contributed by atoms with Crippen LogP contribution in [0.3, 0.4) is 0 Å². The lowest BCUT2D eigenvalue weighted by Gasteiger charge is -2.04. The highest BCUT2D eigenvalue weighted by molar-refractivity contribution is 6.07. The van der Waals surface area contributed by atoms with Crippen molar-refractivity contribution in [3.63, 3.8) is 0 Å². The summed E-state index contributed by atoms with van der Waals surface area (Å²) in [5.74, 6) is -1.94. The molecule has 0 unspecified atom stereocenters. The zero-order valence-electron chi connectivity index (χ0n) is 7.87. The number of hydrogen-bond donors (Lipinski definition) is 2. The van der Waals surface area contributed by atoms with Crippen molar-refractivity contribution in [1.29, 1.82) is 0 Å². The van der Waals surface area contributed by atoms with E-state index in [4.69, 9.17) is 10.8 Å². The fourth-order valence-corrected chi connectivity index (χ4v) is 1.20. The Kier molecular flexibility index (Phi) is 3.51. The first-order chi connectivity index (χ1) is 7.06. The van der Waals surface area contributed by atoms with Gasteiger partial charge in [-0.1, -0.05) is 0 Å². The highest BCUT2D eigenvalue weighted by Crippen LogP contribution is 2.13. The van der Waals surface area contributed by atoms with Crippen molar-refractivity contribution in [2.45, 2.75) is 6.42 Å². The first-order valence-electron chi connectivity index (χ1n) is 4.29. The summed E-state index contributed by atoms with van der Waals surface area (Å²) in [5, 5.41) is 8.57. The average molecular weight is 211 g/mol. The highest BCUT2D eigenvalue weighted by Gasteiger charge is 2.15. The van der Waals surface area contributed by atoms with Gasteiger partial charge in [-0.25, -0.2) is 4.39 Å². The predicted octanol–water partition coefficient (Wildman–Crippen LogP) is 0.490. The molecule has 3 N–H and O–H groups in total. The molecule has 0 heterocycles. The number of amides is 1. The maximum absolute atomic E-state index is 12.8. The first kappa shape index (κ1) is 11.3. The van der Waals surface area contributed by atoms with Crippen molar-refractivity contribution in [2.75, 3.05) is 6.61 Å². The van der Waals surface area contributed by atoms with E-state index in [0.717, 1.165) is 12.1 Å². The van der Waals surface area contributed by atoms with Gasteiger partial charge in [0.15, 0.2) is 5.78 Å². The molecule has 1 rings (SSSR count). The van der Waals surface area contributed by atoms with Gasteiger partial charge in [-0.05, 0) is 18.2 Å². The molecule has 0 atom stereocenters. The molecule has 15 heavy (non-hydrogen) atoms. The van der Waals surface area contributed by atoms with Gasteiger partial charge in [0.1, 0.15) is 5.82 Å². The summed E-state index contributed by atoms with van der Waals surface area (Å²) in [5.41, 5.74) is 4.88. The third kappa shape index (κ3) is 2.60. The number of nitrogens with two attached hydrogens (primary N) is 1. The van der Waals surface area contributed by atoms with Crippen LogP contribution in [0.2, 0.25) is 0 Å². The van der Waals surface area contributed by atoms with Crippen LogP contribution in [0.1, 0.15) is 27.1 Å². The van der Waals surface area contributed by atoms with Crippen LogP contribution in [0.15, 0.2) is 18.2 Å². The maximum atomic E-state index is 12.8. The Hall–Kier alpha value is -1.75. The Labute approximate surface area is 85.5 Å². The van der Waals surface area contributed by atoms with Gasteiger partial charge in [-0.3, -0.25) is 9.59 Å². The number of carbonyl (C=O) groups excluding carboxylic acids is 2. The minimum atomic E-state index is -0.865. The van der Waals surface area contributed by atoms with E-state index in [-0.39, 0.29) is 24.2 Å². The van der Waals surface area contributed by atoms with Crippen LogP contribution >= 0.6 is 0 Å². The van der Waals surface area contributed by atoms with Gasteiger partial charge in [-0.2, -0.15) is 0 Å². The Balaban J connectivity index is 3.17. The molecule has 0 saturated carbocycles. The minimum Gasteiger partial charge on any atom is -0.396 e. The van der Waals surface area contributed by atoms with E-state index in [1.165, 1.54) is 6.07 Å². The molecule has 0 radical (unpaired) electrons. The standard InChI is InChI=1S/C10H10FNO3/c11-6-1-2-7(9(14)3-4-13)8(5-6)10(12)15/h1-2,5,13H,3-4H2,(H2,12,15). The second-order valence-electron chi connectivity index (χ2n) is 2.95. The molecule has 4 nitrogen and oxygen atoms in total. The molecular formula is C10H10FNO3. The van der Waals surface area contributed by atoms with E-state index < -0.39 is 17.5 Å². The van der Waals surface area contributed by atoms with Crippen LogP contribution < -0.4 is 5.73 Å². The van der Waals surface area contributed by atoms with E-state index in [1.54, 1.807) is 0 Å². The molecule has 1 aromatic carbocycles. The van der Waals surface area contributed by atoms with E-state index in [9.17, 15) is 14.0 Å². The molecule has 1 amide bonds. The van der Waals surface area contributed by atoms with Gasteiger partial charge in [-0.15, -0.1) is 0 Å². The van der Waals surface area contributed by atoms with Gasteiger partial charge in [0.2, 0.25) is 5.91 Å². The molecule has 0 aliphatic heterocycles. The van der Waals surface area contributed by atoms with Gasteiger partial charge in [0.05, 0.1) is 12.2 Å². The smallest absolute Gasteiger partial charge is 0.249 e. The molecule has 5 heteroatoms. The Morgan fingerprint density at radius 1 is 1.33 bits per heavy atom. The summed E-state index contributed by atoms with van der Waals surface area (Å²) in [6, 6.07) is 3.16. The summed E-state index contributed by atoms with van der Waals surface area (Å²) in [4.78, 5) is 22.3. The molecule has 0 aliphatic carbocycles. The Morgan fingerprint density at radius 3 is 2.53 bits per heavy atom. The van der Waals surface area contributed by atoms with Crippen LogP contribution in [0.4, 0.5) is 4.39 Å². The molecule has 0 bridgehead atoms. The minimum absolute atomic E-state index is 0.0398. The van der Waals surface area contributed by atoms with Gasteiger partial charge >= 0.3 is 0 Å². The molecule has 1 aromatic rings. The third-order valence-electron chi connectivity index (χ3n) is 1.89. The number of hydrogen-bond acceptors (Lipinski definition) is 3. The van der Waals surface area contributed by atoms with Crippen LogP contribution in [0.5, 0.6) is 0 Å². The van der Waals surface area contributed by atoms with Crippen LogP contribution in [0, 0.1) is 5.82 Å². The zero-order valence-corrected chi connectivity index (χ0v) is 7.87. The lowest BCUT2D eigenvalue weighted by Crippen LogP contribution is -2.17. The lowest BCUT2D eigenvalue weighted by atomic mass is 10.0. The van der Waals surface area contributed by atoms with E-state index in [1.807, 2.05) is 0 Å². The highest BCUT2D eigenvalue weighted by atomic mass is 19.1. The third-order valence-corrected chi connectivity index (χ3v) is 1.89. The fourth-order valence-electron chi connectivity index (χ4n) is 1.20. The van der Waals surface area contributed by atoms with Crippen molar-refractivity contribution in [2.24, 2.45) is 5.73 Å². The monoisotopic (exact) mass is 211 g/mol. The number of rotatable bonds is 4. The van der Waals surface area contributed by atoms with Gasteiger partial charge < -0.3 is 10.8 Å². The summed E-state index contributed by atoms with van der Waals surface area (Å²) >= 11 is 0. The number of aliphatic hydroxyl groups is 1. The van der Waals surface area contributed by atoms with Crippen molar-refractivity contribution >= 4 is 11.7 Å². The Bertz CT molecular complexity index is 404. The fraction of sp³-hybridized carbons (Fsp3) is 0.200. The number of aliphatic hydroxyl groups excluding tert-OH is 1. The van der Waals surface area contributed by atoms with Crippen molar-refractivity contribution in [3.8, 4) is 0 Å². The van der Waals surface area contributed by atoms with Gasteiger partial charge in [0.25, 0.3) is 0 Å². The van der Waals surface area contributed by atoms with Crippen molar-refractivity contribution < 1.29 is 19.1 Å². The molecule has 0 aromatic heterocycles. The number of Topliss-reactive ketones (excluding diaryl/α,β-unsaturated/α-hetero) is 1. The SMILES string of the molecule is NC(=O)c1cc(F)ccc1C(=O)CCO. The molecule has 80 valence electrons. The zero-order chi connectivity index (χ0) is 11.4. The van der Waals surface area contributed by atoms with Gasteiger partial charge in [0, 0.05) is 12.0 Å². The number of primary amides is 1. The molecule has 0 saturated heterocycles. The summed E-state index contributed by atoms with van der Waals surface area (Å²) in [7, 11) is 0. The summed E-state index contributed by atoms with van der Waals surface area (Å²) in [6.45, 7) is -0.325. The molecule has 0 aliphatic rings. The van der Waals surface area contributed by atoms with Crippen LogP contribution in [0.25, 0.3) is 0 Å². The quantitative estimate of drug-likeness (QED) is 0.711. The number of ketones is 1. The average Bonchev–Trinajstić information content (AvgIpc) is 2.17. The summed E-state index contributed by atoms with van der Waals surface area (Å²) in [6.07, 6.45) is -0.119. The summed E-state index contributed by atoms with van der Waals surface area (Å²) < 4.78 is 12.8. The normalized spacial score (nSPS) is 10.0. The number of halogens is 1. The second kappa shape index (κ2) is 4.65. The van der Waals surface area contributed by atoms with Crippen LogP contribution in [-0.2, 0) is 0 Å². The molecular weight excluding hydrogens is 201 g/mol. The number of carbonyl (C=O) groups is 2. The predicted molar refractivity (Wildman–Crippen MR) is 51.0 cm³/mol. The van der Waals surface area contributed by atoms with E-state index >= 15 is 0 Å². The van der Waals surface area contributed by atoms with Crippen molar-refractivity contribution in [3.05, 3.63) is 35.1 Å². The maximum Gasteiger partial charge on any atom is 0.249 e. The molecule has 0 fully saturated rings. The second-order valence-corrected chi connectivity index (χ2v) is 2.95.